The monoisotopic (exact) mass is 482 g/mol. The van der Waals surface area contributed by atoms with Crippen molar-refractivity contribution in [3.63, 3.8) is 0 Å². The minimum Gasteiger partial charge on any atom is -0.497 e. The molecule has 1 saturated heterocycles. The Morgan fingerprint density at radius 1 is 1.11 bits per heavy atom. The lowest BCUT2D eigenvalue weighted by molar-refractivity contribution is -0.137. The van der Waals surface area contributed by atoms with Crippen LogP contribution in [-0.4, -0.2) is 51.6 Å². The molecule has 2 aromatic heterocycles. The Kier molecular flexibility index (Phi) is 4.77. The van der Waals surface area contributed by atoms with Crippen LogP contribution in [0.15, 0.2) is 55.0 Å². The Bertz CT molecular complexity index is 1290. The molecule has 10 heteroatoms. The maximum atomic E-state index is 13.8. The number of halogens is 3. The van der Waals surface area contributed by atoms with Crippen LogP contribution in [0.2, 0.25) is 0 Å². The number of amides is 1. The van der Waals surface area contributed by atoms with Gasteiger partial charge >= 0.3 is 6.18 Å². The number of rotatable bonds is 5. The van der Waals surface area contributed by atoms with Gasteiger partial charge in [0.2, 0.25) is 5.88 Å². The van der Waals surface area contributed by atoms with Crippen molar-refractivity contribution < 1.29 is 27.4 Å². The van der Waals surface area contributed by atoms with Gasteiger partial charge in [-0.3, -0.25) is 4.79 Å². The van der Waals surface area contributed by atoms with Gasteiger partial charge in [0.15, 0.2) is 5.82 Å². The molecule has 3 aromatic rings. The summed E-state index contributed by atoms with van der Waals surface area (Å²) in [6, 6.07) is 8.93. The van der Waals surface area contributed by atoms with E-state index >= 15 is 0 Å². The van der Waals surface area contributed by atoms with Crippen LogP contribution >= 0.6 is 0 Å². The van der Waals surface area contributed by atoms with Gasteiger partial charge in [0.25, 0.3) is 5.91 Å². The molecule has 0 radical (unpaired) electrons. The summed E-state index contributed by atoms with van der Waals surface area (Å²) in [5, 5.41) is 0. The third kappa shape index (κ3) is 3.50. The lowest BCUT2D eigenvalue weighted by atomic mass is 9.73. The fourth-order valence-electron chi connectivity index (χ4n) is 5.64. The highest BCUT2D eigenvalue weighted by molar-refractivity contribution is 6.01. The number of likely N-dealkylation sites (tertiary alicyclic amines) is 1. The molecule has 0 N–H and O–H groups in total. The molecule has 2 saturated carbocycles. The van der Waals surface area contributed by atoms with E-state index < -0.39 is 11.7 Å². The van der Waals surface area contributed by atoms with Gasteiger partial charge in [0.1, 0.15) is 11.9 Å². The molecule has 3 aliphatic rings. The maximum Gasteiger partial charge on any atom is 0.417 e. The van der Waals surface area contributed by atoms with Crippen LogP contribution in [-0.2, 0) is 6.18 Å². The van der Waals surface area contributed by atoms with Gasteiger partial charge in [-0.2, -0.15) is 13.2 Å². The molecular formula is C25H21F3N4O3. The second kappa shape index (κ2) is 7.66. The van der Waals surface area contributed by atoms with E-state index in [-0.39, 0.29) is 29.3 Å². The Hall–Kier alpha value is -3.69. The van der Waals surface area contributed by atoms with E-state index in [9.17, 15) is 18.0 Å². The van der Waals surface area contributed by atoms with Crippen LogP contribution in [0.1, 0.15) is 28.8 Å². The van der Waals surface area contributed by atoms with E-state index in [1.165, 1.54) is 6.07 Å². The highest BCUT2D eigenvalue weighted by atomic mass is 19.4. The molecule has 7 nitrogen and oxygen atoms in total. The predicted octanol–water partition coefficient (Wildman–Crippen LogP) is 4.25. The van der Waals surface area contributed by atoms with Crippen LogP contribution in [0.5, 0.6) is 11.6 Å². The van der Waals surface area contributed by atoms with Crippen LogP contribution in [0.3, 0.4) is 0 Å². The molecule has 3 fully saturated rings. The SMILES string of the molecule is COc1ccc(C(=O)N2CC3CC34CC(Oc3ccc(C(F)(F)F)cn3)C24)c(-c2ncccn2)c1. The number of methoxy groups -OCH3 is 1. The summed E-state index contributed by atoms with van der Waals surface area (Å²) in [7, 11) is 1.55. The highest BCUT2D eigenvalue weighted by Gasteiger charge is 2.76. The molecule has 180 valence electrons. The second-order valence-corrected chi connectivity index (χ2v) is 9.26. The van der Waals surface area contributed by atoms with Crippen LogP contribution in [0.25, 0.3) is 11.4 Å². The van der Waals surface area contributed by atoms with E-state index in [4.69, 9.17) is 9.47 Å². The number of benzene rings is 1. The molecule has 35 heavy (non-hydrogen) atoms. The normalized spacial score (nSPS) is 26.4. The van der Waals surface area contributed by atoms with Crippen molar-refractivity contribution >= 4 is 5.91 Å². The van der Waals surface area contributed by atoms with Crippen molar-refractivity contribution in [3.05, 3.63) is 66.1 Å². The van der Waals surface area contributed by atoms with Crippen molar-refractivity contribution in [2.45, 2.75) is 31.2 Å². The first-order chi connectivity index (χ1) is 16.8. The summed E-state index contributed by atoms with van der Waals surface area (Å²) in [5.41, 5.74) is 0.241. The summed E-state index contributed by atoms with van der Waals surface area (Å²) < 4.78 is 49.9. The van der Waals surface area contributed by atoms with Gasteiger partial charge in [-0.1, -0.05) is 0 Å². The number of hydrogen-bond donors (Lipinski definition) is 0. The zero-order chi connectivity index (χ0) is 24.4. The van der Waals surface area contributed by atoms with E-state index in [1.54, 1.807) is 43.8 Å². The number of aromatic nitrogens is 3. The van der Waals surface area contributed by atoms with E-state index in [0.717, 1.165) is 25.1 Å². The van der Waals surface area contributed by atoms with Gasteiger partial charge in [0.05, 0.1) is 24.3 Å². The number of hydrogen-bond acceptors (Lipinski definition) is 6. The summed E-state index contributed by atoms with van der Waals surface area (Å²) in [4.78, 5) is 28.1. The maximum absolute atomic E-state index is 13.8. The molecule has 2 aliphatic carbocycles. The largest absolute Gasteiger partial charge is 0.497 e. The zero-order valence-electron chi connectivity index (χ0n) is 18.7. The average molecular weight is 482 g/mol. The van der Waals surface area contributed by atoms with E-state index in [2.05, 4.69) is 15.0 Å². The van der Waals surface area contributed by atoms with Gasteiger partial charge < -0.3 is 14.4 Å². The van der Waals surface area contributed by atoms with Crippen molar-refractivity contribution in [2.75, 3.05) is 13.7 Å². The predicted molar refractivity (Wildman–Crippen MR) is 118 cm³/mol. The first kappa shape index (κ1) is 21.8. The molecule has 4 atom stereocenters. The number of pyridine rings is 1. The van der Waals surface area contributed by atoms with Crippen molar-refractivity contribution in [3.8, 4) is 23.0 Å². The summed E-state index contributed by atoms with van der Waals surface area (Å²) in [6.07, 6.45) is 0.993. The van der Waals surface area contributed by atoms with Crippen LogP contribution < -0.4 is 9.47 Å². The third-order valence-electron chi connectivity index (χ3n) is 7.42. The Morgan fingerprint density at radius 2 is 1.91 bits per heavy atom. The smallest absolute Gasteiger partial charge is 0.417 e. The molecule has 1 aromatic carbocycles. The molecule has 0 bridgehead atoms. The fourth-order valence-corrected chi connectivity index (χ4v) is 5.64. The summed E-state index contributed by atoms with van der Waals surface area (Å²) in [6.45, 7) is 0.616. The van der Waals surface area contributed by atoms with Crippen LogP contribution in [0, 0.1) is 11.3 Å². The first-order valence-corrected chi connectivity index (χ1v) is 11.3. The number of alkyl halides is 3. The van der Waals surface area contributed by atoms with Gasteiger partial charge in [-0.05, 0) is 49.1 Å². The molecule has 1 amide bonds. The molecule has 1 aliphatic heterocycles. The minimum absolute atomic E-state index is 0.0299. The standard InChI is InChI=1S/C25H21F3N4O3/c1-34-16-4-5-17(18(9-16)22-29-7-2-8-30-22)23(33)32-13-15-10-24(15)11-19(21(24)32)35-20-6-3-14(12-31-20)25(26,27)28/h2-9,12,15,19,21H,10-11,13H2,1H3. The zero-order valence-corrected chi connectivity index (χ0v) is 18.7. The minimum atomic E-state index is -4.46. The van der Waals surface area contributed by atoms with Crippen molar-refractivity contribution in [2.24, 2.45) is 11.3 Å². The van der Waals surface area contributed by atoms with E-state index in [1.807, 2.05) is 4.90 Å². The second-order valence-electron chi connectivity index (χ2n) is 9.26. The number of piperidine rings is 1. The molecule has 3 heterocycles. The number of ether oxygens (including phenoxy) is 2. The molecule has 6 rings (SSSR count). The van der Waals surface area contributed by atoms with Gasteiger partial charge in [0, 0.05) is 42.2 Å². The topological polar surface area (TPSA) is 77.4 Å². The molecule has 4 unspecified atom stereocenters. The number of carbonyl (C=O) groups excluding carboxylic acids is 1. The van der Waals surface area contributed by atoms with Gasteiger partial charge in [-0.25, -0.2) is 15.0 Å². The Morgan fingerprint density at radius 3 is 2.60 bits per heavy atom. The summed E-state index contributed by atoms with van der Waals surface area (Å²) >= 11 is 0. The molecule has 1 spiro atoms. The van der Waals surface area contributed by atoms with Crippen molar-refractivity contribution in [1.29, 1.82) is 0 Å². The third-order valence-corrected chi connectivity index (χ3v) is 7.42. The number of nitrogens with zero attached hydrogens (tertiary/aromatic N) is 4. The van der Waals surface area contributed by atoms with Gasteiger partial charge in [-0.15, -0.1) is 0 Å². The molecular weight excluding hydrogens is 461 g/mol. The lowest BCUT2D eigenvalue weighted by Crippen LogP contribution is -2.59. The quantitative estimate of drug-likeness (QED) is 0.541. The highest BCUT2D eigenvalue weighted by Crippen LogP contribution is 2.71. The van der Waals surface area contributed by atoms with E-state index in [0.29, 0.717) is 35.2 Å². The average Bonchev–Trinajstić information content (AvgIpc) is 3.51. The fraction of sp³-hybridized carbons (Fsp3) is 0.360. The number of carbonyl (C=O) groups is 1. The van der Waals surface area contributed by atoms with Crippen molar-refractivity contribution in [1.82, 2.24) is 19.9 Å². The Labute approximate surface area is 198 Å². The Balaban J connectivity index is 1.27. The summed E-state index contributed by atoms with van der Waals surface area (Å²) in [5.74, 6) is 1.39. The van der Waals surface area contributed by atoms with Crippen LogP contribution in [0.4, 0.5) is 13.2 Å². The lowest BCUT2D eigenvalue weighted by Gasteiger charge is -2.47. The first-order valence-electron chi connectivity index (χ1n) is 11.3.